The number of nitrogens with zero attached hydrogens (tertiary/aromatic N) is 2. The molecule has 0 fully saturated rings. The molecule has 4 nitrogen and oxygen atoms in total. The SMILES string of the molecule is Cn1ccc(NC(=S)NCc2ccc(F)cc2)n1. The van der Waals surface area contributed by atoms with E-state index in [0.717, 1.165) is 5.56 Å². The zero-order valence-electron chi connectivity index (χ0n) is 9.85. The minimum absolute atomic E-state index is 0.243. The lowest BCUT2D eigenvalue weighted by molar-refractivity contribution is 0.627. The van der Waals surface area contributed by atoms with E-state index in [9.17, 15) is 4.39 Å². The largest absolute Gasteiger partial charge is 0.358 e. The van der Waals surface area contributed by atoms with Crippen LogP contribution in [0.25, 0.3) is 0 Å². The number of rotatable bonds is 3. The fraction of sp³-hybridized carbons (Fsp3) is 0.167. The van der Waals surface area contributed by atoms with Crippen LogP contribution in [0.15, 0.2) is 36.5 Å². The Morgan fingerprint density at radius 1 is 1.33 bits per heavy atom. The lowest BCUT2D eigenvalue weighted by Crippen LogP contribution is -2.28. The second kappa shape index (κ2) is 5.59. The molecule has 0 atom stereocenters. The van der Waals surface area contributed by atoms with E-state index in [-0.39, 0.29) is 5.82 Å². The van der Waals surface area contributed by atoms with Crippen LogP contribution in [0, 0.1) is 5.82 Å². The first-order chi connectivity index (χ1) is 8.63. The van der Waals surface area contributed by atoms with Crippen molar-refractivity contribution >= 4 is 23.1 Å². The van der Waals surface area contributed by atoms with Gasteiger partial charge in [0.15, 0.2) is 10.9 Å². The van der Waals surface area contributed by atoms with Gasteiger partial charge in [0, 0.05) is 25.9 Å². The van der Waals surface area contributed by atoms with Crippen molar-refractivity contribution in [2.24, 2.45) is 7.05 Å². The van der Waals surface area contributed by atoms with Crippen LogP contribution in [0.5, 0.6) is 0 Å². The van der Waals surface area contributed by atoms with E-state index in [1.165, 1.54) is 12.1 Å². The summed E-state index contributed by atoms with van der Waals surface area (Å²) in [5.74, 6) is 0.446. The van der Waals surface area contributed by atoms with Crippen LogP contribution in [0.4, 0.5) is 10.2 Å². The van der Waals surface area contributed by atoms with Gasteiger partial charge >= 0.3 is 0 Å². The van der Waals surface area contributed by atoms with Gasteiger partial charge in [-0.15, -0.1) is 0 Å². The fourth-order valence-electron chi connectivity index (χ4n) is 1.43. The molecule has 0 spiro atoms. The van der Waals surface area contributed by atoms with Crippen molar-refractivity contribution in [2.45, 2.75) is 6.54 Å². The standard InChI is InChI=1S/C12H13FN4S/c1-17-7-6-11(16-17)15-12(18)14-8-9-2-4-10(13)5-3-9/h2-7H,8H2,1H3,(H2,14,15,16,18). The molecule has 18 heavy (non-hydrogen) atoms. The zero-order valence-corrected chi connectivity index (χ0v) is 10.7. The van der Waals surface area contributed by atoms with Crippen molar-refractivity contribution in [1.29, 1.82) is 0 Å². The summed E-state index contributed by atoms with van der Waals surface area (Å²) in [4.78, 5) is 0. The van der Waals surface area contributed by atoms with E-state index in [0.29, 0.717) is 17.5 Å². The Morgan fingerprint density at radius 2 is 2.06 bits per heavy atom. The van der Waals surface area contributed by atoms with Gasteiger partial charge in [0.1, 0.15) is 5.82 Å². The summed E-state index contributed by atoms with van der Waals surface area (Å²) in [5.41, 5.74) is 0.960. The third kappa shape index (κ3) is 3.53. The topological polar surface area (TPSA) is 41.9 Å². The third-order valence-corrected chi connectivity index (χ3v) is 2.57. The molecule has 0 saturated heterocycles. The Kier molecular flexibility index (Phi) is 3.88. The molecule has 6 heteroatoms. The number of thiocarbonyl (C=S) groups is 1. The van der Waals surface area contributed by atoms with Crippen molar-refractivity contribution < 1.29 is 4.39 Å². The molecular formula is C12H13FN4S. The fourth-order valence-corrected chi connectivity index (χ4v) is 1.60. The molecule has 1 aromatic heterocycles. The summed E-state index contributed by atoms with van der Waals surface area (Å²) in [6, 6.07) is 8.10. The van der Waals surface area contributed by atoms with Crippen LogP contribution in [0.1, 0.15) is 5.56 Å². The number of aryl methyl sites for hydroxylation is 1. The molecule has 2 N–H and O–H groups in total. The Morgan fingerprint density at radius 3 is 2.67 bits per heavy atom. The number of aromatic nitrogens is 2. The second-order valence-corrected chi connectivity index (χ2v) is 4.22. The normalized spacial score (nSPS) is 10.1. The molecule has 2 aromatic rings. The van der Waals surface area contributed by atoms with Crippen LogP contribution >= 0.6 is 12.2 Å². The van der Waals surface area contributed by atoms with Crippen LogP contribution < -0.4 is 10.6 Å². The molecule has 0 aliphatic carbocycles. The minimum Gasteiger partial charge on any atom is -0.358 e. The summed E-state index contributed by atoms with van der Waals surface area (Å²) in [7, 11) is 1.83. The average Bonchev–Trinajstić information content (AvgIpc) is 2.74. The highest BCUT2D eigenvalue weighted by molar-refractivity contribution is 7.80. The Balaban J connectivity index is 1.83. The Hall–Kier alpha value is -1.95. The van der Waals surface area contributed by atoms with Gasteiger partial charge in [-0.25, -0.2) is 4.39 Å². The number of hydrogen-bond acceptors (Lipinski definition) is 2. The van der Waals surface area contributed by atoms with Crippen LogP contribution in [0.3, 0.4) is 0 Å². The summed E-state index contributed by atoms with van der Waals surface area (Å²) >= 11 is 5.12. The molecule has 0 aliphatic rings. The van der Waals surface area contributed by atoms with Crippen molar-refractivity contribution in [2.75, 3.05) is 5.32 Å². The highest BCUT2D eigenvalue weighted by atomic mass is 32.1. The van der Waals surface area contributed by atoms with E-state index >= 15 is 0 Å². The zero-order chi connectivity index (χ0) is 13.0. The highest BCUT2D eigenvalue weighted by Crippen LogP contribution is 2.03. The van der Waals surface area contributed by atoms with Crippen LogP contribution in [-0.2, 0) is 13.6 Å². The predicted molar refractivity (Wildman–Crippen MR) is 72.7 cm³/mol. The van der Waals surface area contributed by atoms with Crippen LogP contribution in [0.2, 0.25) is 0 Å². The molecule has 94 valence electrons. The van der Waals surface area contributed by atoms with Crippen LogP contribution in [-0.4, -0.2) is 14.9 Å². The molecule has 2 rings (SSSR count). The number of nitrogens with one attached hydrogen (secondary N) is 2. The third-order valence-electron chi connectivity index (χ3n) is 2.32. The van der Waals surface area contributed by atoms with E-state index in [1.54, 1.807) is 16.8 Å². The molecule has 0 saturated carbocycles. The highest BCUT2D eigenvalue weighted by Gasteiger charge is 2.00. The molecule has 0 radical (unpaired) electrons. The Bertz CT molecular complexity index is 535. The van der Waals surface area contributed by atoms with Gasteiger partial charge in [-0.3, -0.25) is 4.68 Å². The van der Waals surface area contributed by atoms with Crippen molar-refractivity contribution in [1.82, 2.24) is 15.1 Å². The molecule has 1 heterocycles. The first kappa shape index (κ1) is 12.5. The number of hydrogen-bond donors (Lipinski definition) is 2. The Labute approximate surface area is 110 Å². The second-order valence-electron chi connectivity index (χ2n) is 3.81. The van der Waals surface area contributed by atoms with E-state index in [1.807, 2.05) is 19.3 Å². The maximum absolute atomic E-state index is 12.7. The summed E-state index contributed by atoms with van der Waals surface area (Å²) in [5, 5.41) is 10.6. The van der Waals surface area contributed by atoms with Crippen molar-refractivity contribution in [3.05, 3.63) is 47.9 Å². The molecular weight excluding hydrogens is 251 g/mol. The lowest BCUT2D eigenvalue weighted by Gasteiger charge is -2.08. The number of benzene rings is 1. The maximum Gasteiger partial charge on any atom is 0.172 e. The predicted octanol–water partition coefficient (Wildman–Crippen LogP) is 2.05. The monoisotopic (exact) mass is 264 g/mol. The van der Waals surface area contributed by atoms with E-state index in [4.69, 9.17) is 12.2 Å². The van der Waals surface area contributed by atoms with Gasteiger partial charge in [0.25, 0.3) is 0 Å². The van der Waals surface area contributed by atoms with Gasteiger partial charge in [0.05, 0.1) is 0 Å². The molecule has 0 unspecified atom stereocenters. The summed E-state index contributed by atoms with van der Waals surface area (Å²) in [6.45, 7) is 0.541. The van der Waals surface area contributed by atoms with Gasteiger partial charge in [-0.1, -0.05) is 12.1 Å². The number of halogens is 1. The van der Waals surface area contributed by atoms with Gasteiger partial charge in [0.2, 0.25) is 0 Å². The van der Waals surface area contributed by atoms with Crippen molar-refractivity contribution in [3.63, 3.8) is 0 Å². The average molecular weight is 264 g/mol. The summed E-state index contributed by atoms with van der Waals surface area (Å²) < 4.78 is 14.4. The first-order valence-electron chi connectivity index (χ1n) is 5.42. The summed E-state index contributed by atoms with van der Waals surface area (Å²) in [6.07, 6.45) is 1.82. The van der Waals surface area contributed by atoms with Gasteiger partial charge < -0.3 is 10.6 Å². The van der Waals surface area contributed by atoms with Gasteiger partial charge in [-0.2, -0.15) is 5.10 Å². The molecule has 0 bridgehead atoms. The first-order valence-corrected chi connectivity index (χ1v) is 5.83. The lowest BCUT2D eigenvalue weighted by atomic mass is 10.2. The van der Waals surface area contributed by atoms with Gasteiger partial charge in [-0.05, 0) is 29.9 Å². The molecule has 1 aromatic carbocycles. The molecule has 0 aliphatic heterocycles. The van der Waals surface area contributed by atoms with E-state index < -0.39 is 0 Å². The quantitative estimate of drug-likeness (QED) is 0.833. The number of anilines is 1. The maximum atomic E-state index is 12.7. The smallest absolute Gasteiger partial charge is 0.172 e. The minimum atomic E-state index is -0.243. The van der Waals surface area contributed by atoms with Crippen molar-refractivity contribution in [3.8, 4) is 0 Å². The molecule has 0 amide bonds. The van der Waals surface area contributed by atoms with E-state index in [2.05, 4.69) is 15.7 Å².